The highest BCUT2D eigenvalue weighted by Crippen LogP contribution is 2.38. The lowest BCUT2D eigenvalue weighted by molar-refractivity contribution is -0.0799. The van der Waals surface area contributed by atoms with Crippen molar-refractivity contribution in [3.8, 4) is 17.9 Å². The first kappa shape index (κ1) is 34.5. The van der Waals surface area contributed by atoms with Gasteiger partial charge in [0.15, 0.2) is 17.2 Å². The minimum absolute atomic E-state index is 0.146. The standard InChI is InChI=1S/C35H39ClN10O4/c1-6-43(20-22-7-9-25(48-5)10-8-22)32-31-39-19-24(18-38)46(31)42-33(41-32)40-26-15-23(17-37)16-28(30(26)36)44-12-11-27-29(21-44)49-14-13-45(27)34(47)50-35(2,3)4/h7-10,15-16,19,27,29H,6,11-14,20-21H2,1-5H3,(H,40,42). The lowest BCUT2D eigenvalue weighted by atomic mass is 9.97. The Kier molecular flexibility index (Phi) is 9.86. The van der Waals surface area contributed by atoms with E-state index in [-0.39, 0.29) is 29.9 Å². The molecular weight excluding hydrogens is 660 g/mol. The van der Waals surface area contributed by atoms with E-state index in [1.165, 1.54) is 10.7 Å². The van der Waals surface area contributed by atoms with E-state index in [1.54, 1.807) is 24.1 Å². The van der Waals surface area contributed by atoms with Gasteiger partial charge in [-0.25, -0.2) is 9.78 Å². The van der Waals surface area contributed by atoms with Crippen molar-refractivity contribution in [2.45, 2.75) is 58.4 Å². The highest BCUT2D eigenvalue weighted by Gasteiger charge is 2.41. The number of carbonyl (C=O) groups is 1. The predicted octanol–water partition coefficient (Wildman–Crippen LogP) is 5.51. The van der Waals surface area contributed by atoms with Gasteiger partial charge in [-0.3, -0.25) is 0 Å². The molecular formula is C35H39ClN10O4. The third kappa shape index (κ3) is 7.18. The van der Waals surface area contributed by atoms with Crippen LogP contribution in [0, 0.1) is 22.7 Å². The molecule has 2 fully saturated rings. The molecule has 0 aliphatic carbocycles. The van der Waals surface area contributed by atoms with Crippen molar-refractivity contribution in [2.75, 3.05) is 55.0 Å². The third-order valence-electron chi connectivity index (χ3n) is 8.66. The van der Waals surface area contributed by atoms with E-state index in [9.17, 15) is 15.3 Å². The van der Waals surface area contributed by atoms with E-state index >= 15 is 0 Å². The van der Waals surface area contributed by atoms with Crippen molar-refractivity contribution in [1.29, 1.82) is 10.5 Å². The van der Waals surface area contributed by atoms with Gasteiger partial charge in [0.2, 0.25) is 5.95 Å². The molecule has 260 valence electrons. The molecule has 2 aromatic carbocycles. The molecule has 1 N–H and O–H groups in total. The Morgan fingerprint density at radius 3 is 2.64 bits per heavy atom. The van der Waals surface area contributed by atoms with Gasteiger partial charge in [-0.05, 0) is 63.9 Å². The number of benzene rings is 2. The number of fused-ring (bicyclic) bond motifs is 2. The van der Waals surface area contributed by atoms with Gasteiger partial charge in [0, 0.05) is 32.7 Å². The fourth-order valence-electron chi connectivity index (χ4n) is 6.27. The SMILES string of the molecule is CCN(Cc1ccc(OC)cc1)c1nc(Nc2cc(C#N)cc(N3CCC4C(C3)OCCN4C(=O)OC(C)(C)C)c2Cl)nn2c(C#N)cnc12. The summed E-state index contributed by atoms with van der Waals surface area (Å²) in [5, 5.41) is 28.0. The second-order valence-corrected chi connectivity index (χ2v) is 13.5. The summed E-state index contributed by atoms with van der Waals surface area (Å²) < 4.78 is 18.6. The second-order valence-electron chi connectivity index (χ2n) is 13.1. The molecule has 2 aromatic heterocycles. The molecule has 0 spiro atoms. The minimum atomic E-state index is -0.603. The summed E-state index contributed by atoms with van der Waals surface area (Å²) in [7, 11) is 1.63. The molecule has 4 aromatic rings. The largest absolute Gasteiger partial charge is 0.497 e. The first-order valence-electron chi connectivity index (χ1n) is 16.4. The number of nitrogens with zero attached hydrogens (tertiary/aromatic N) is 9. The number of rotatable bonds is 8. The zero-order chi connectivity index (χ0) is 35.6. The molecule has 0 bridgehead atoms. The molecule has 15 heteroatoms. The third-order valence-corrected chi connectivity index (χ3v) is 9.06. The van der Waals surface area contributed by atoms with Gasteiger partial charge in [-0.2, -0.15) is 20.0 Å². The lowest BCUT2D eigenvalue weighted by Crippen LogP contribution is -2.61. The van der Waals surface area contributed by atoms with E-state index < -0.39 is 5.60 Å². The Bertz CT molecular complexity index is 1960. The molecule has 2 atom stereocenters. The Morgan fingerprint density at radius 1 is 1.18 bits per heavy atom. The van der Waals surface area contributed by atoms with Crippen LogP contribution in [0.5, 0.6) is 5.75 Å². The maximum atomic E-state index is 13.0. The number of ether oxygens (including phenoxy) is 3. The fourth-order valence-corrected chi connectivity index (χ4v) is 6.55. The fraction of sp³-hybridized carbons (Fsp3) is 0.429. The van der Waals surface area contributed by atoms with Crippen molar-refractivity contribution in [3.63, 3.8) is 0 Å². The molecule has 2 unspecified atom stereocenters. The van der Waals surface area contributed by atoms with Gasteiger partial charge in [0.1, 0.15) is 17.4 Å². The molecule has 2 saturated heterocycles. The van der Waals surface area contributed by atoms with Gasteiger partial charge in [0.05, 0.1) is 60.1 Å². The number of carbonyl (C=O) groups excluding carboxylic acids is 1. The van der Waals surface area contributed by atoms with Crippen LogP contribution in [0.3, 0.4) is 0 Å². The van der Waals surface area contributed by atoms with E-state index in [0.717, 1.165) is 11.3 Å². The number of aromatic nitrogens is 4. The zero-order valence-electron chi connectivity index (χ0n) is 28.7. The van der Waals surface area contributed by atoms with Crippen molar-refractivity contribution >= 4 is 46.5 Å². The first-order chi connectivity index (χ1) is 24.0. The van der Waals surface area contributed by atoms with Crippen LogP contribution in [-0.4, -0.2) is 88.2 Å². The summed E-state index contributed by atoms with van der Waals surface area (Å²) in [6.45, 7) is 10.6. The van der Waals surface area contributed by atoms with Gasteiger partial charge in [-0.15, -0.1) is 5.10 Å². The first-order valence-corrected chi connectivity index (χ1v) is 16.8. The summed E-state index contributed by atoms with van der Waals surface area (Å²) in [5.41, 5.74) is 2.53. The number of morpholine rings is 1. The average molecular weight is 699 g/mol. The van der Waals surface area contributed by atoms with Crippen LogP contribution < -0.4 is 19.9 Å². The summed E-state index contributed by atoms with van der Waals surface area (Å²) >= 11 is 7.08. The second kappa shape index (κ2) is 14.3. The number of hydrogen-bond donors (Lipinski definition) is 1. The Balaban J connectivity index is 1.30. The van der Waals surface area contributed by atoms with E-state index in [4.69, 9.17) is 30.8 Å². The van der Waals surface area contributed by atoms with Crippen molar-refractivity contribution < 1.29 is 19.0 Å². The van der Waals surface area contributed by atoms with E-state index in [2.05, 4.69) is 32.4 Å². The highest BCUT2D eigenvalue weighted by atomic mass is 35.5. The molecule has 2 aliphatic rings. The Labute approximate surface area is 295 Å². The van der Waals surface area contributed by atoms with Gasteiger partial charge < -0.3 is 34.2 Å². The lowest BCUT2D eigenvalue weighted by Gasteiger charge is -2.47. The number of nitriles is 2. The number of methoxy groups -OCH3 is 1. The van der Waals surface area contributed by atoms with Crippen molar-refractivity contribution in [2.24, 2.45) is 0 Å². The molecule has 4 heterocycles. The molecule has 0 saturated carbocycles. The topological polar surface area (TPSA) is 157 Å². The summed E-state index contributed by atoms with van der Waals surface area (Å²) in [6, 6.07) is 15.4. The number of halogens is 1. The van der Waals surface area contributed by atoms with Crippen LogP contribution in [0.15, 0.2) is 42.6 Å². The molecule has 0 radical (unpaired) electrons. The average Bonchev–Trinajstić information content (AvgIpc) is 3.53. The van der Waals surface area contributed by atoms with Crippen LogP contribution in [0.2, 0.25) is 5.02 Å². The van der Waals surface area contributed by atoms with Gasteiger partial charge >= 0.3 is 6.09 Å². The Morgan fingerprint density at radius 2 is 1.96 bits per heavy atom. The van der Waals surface area contributed by atoms with E-state index in [0.29, 0.717) is 79.2 Å². The number of hydrogen-bond acceptors (Lipinski definition) is 12. The van der Waals surface area contributed by atoms with Crippen molar-refractivity contribution in [3.05, 3.63) is 64.4 Å². The Hall–Kier alpha value is -5.31. The van der Waals surface area contributed by atoms with Crippen LogP contribution in [0.25, 0.3) is 5.65 Å². The monoisotopic (exact) mass is 698 g/mol. The normalized spacial score (nSPS) is 17.4. The molecule has 2 aliphatic heterocycles. The number of piperidine rings is 1. The number of amides is 1. The minimum Gasteiger partial charge on any atom is -0.497 e. The van der Waals surface area contributed by atoms with Crippen LogP contribution >= 0.6 is 11.6 Å². The highest BCUT2D eigenvalue weighted by molar-refractivity contribution is 6.36. The van der Waals surface area contributed by atoms with Gasteiger partial charge in [-0.1, -0.05) is 23.7 Å². The van der Waals surface area contributed by atoms with Crippen molar-refractivity contribution in [1.82, 2.24) is 24.5 Å². The number of imidazole rings is 1. The smallest absolute Gasteiger partial charge is 0.410 e. The molecule has 1 amide bonds. The quantitative estimate of drug-likeness (QED) is 0.246. The summed E-state index contributed by atoms with van der Waals surface area (Å²) in [5.74, 6) is 1.44. The molecule has 14 nitrogen and oxygen atoms in total. The zero-order valence-corrected chi connectivity index (χ0v) is 29.4. The number of nitrogens with one attached hydrogen (secondary N) is 1. The molecule has 6 rings (SSSR count). The summed E-state index contributed by atoms with van der Waals surface area (Å²) in [4.78, 5) is 28.2. The number of anilines is 4. The van der Waals surface area contributed by atoms with Gasteiger partial charge in [0.25, 0.3) is 0 Å². The van der Waals surface area contributed by atoms with Crippen LogP contribution in [0.1, 0.15) is 50.9 Å². The maximum Gasteiger partial charge on any atom is 0.410 e. The van der Waals surface area contributed by atoms with E-state index in [1.807, 2.05) is 56.9 Å². The maximum absolute atomic E-state index is 13.0. The molecule has 50 heavy (non-hydrogen) atoms. The predicted molar refractivity (Wildman–Crippen MR) is 188 cm³/mol. The van der Waals surface area contributed by atoms with Crippen LogP contribution in [0.4, 0.5) is 27.9 Å². The van der Waals surface area contributed by atoms with Crippen LogP contribution in [-0.2, 0) is 16.0 Å². The summed E-state index contributed by atoms with van der Waals surface area (Å²) in [6.07, 6.45) is 1.47.